The number of hydrogen-bond acceptors (Lipinski definition) is 4. The summed E-state index contributed by atoms with van der Waals surface area (Å²) in [6.07, 6.45) is 0. The van der Waals surface area contributed by atoms with Crippen LogP contribution in [0.25, 0.3) is 0 Å². The van der Waals surface area contributed by atoms with Gasteiger partial charge in [-0.2, -0.15) is 5.10 Å². The molecular formula is C22H20Cl2FN3O3. The van der Waals surface area contributed by atoms with E-state index < -0.39 is 24.3 Å². The molecule has 0 aliphatic heterocycles. The number of rotatable bonds is 7. The molecule has 0 fully saturated rings. The zero-order chi connectivity index (χ0) is 22.5. The Bertz CT molecular complexity index is 1120. The Kier molecular flexibility index (Phi) is 7.30. The average Bonchev–Trinajstić information content (AvgIpc) is 3.00. The number of aromatic nitrogens is 2. The minimum absolute atomic E-state index is 0.0612. The molecule has 0 spiro atoms. The number of carbonyl (C=O) groups is 2. The molecule has 6 nitrogen and oxygen atoms in total. The summed E-state index contributed by atoms with van der Waals surface area (Å²) in [5.41, 5.74) is 3.53. The maximum Gasteiger partial charge on any atom is 0.340 e. The van der Waals surface area contributed by atoms with Gasteiger partial charge in [-0.15, -0.1) is 0 Å². The Morgan fingerprint density at radius 3 is 2.55 bits per heavy atom. The van der Waals surface area contributed by atoms with E-state index in [0.717, 1.165) is 34.6 Å². The normalized spacial score (nSPS) is 10.7. The van der Waals surface area contributed by atoms with Crippen molar-refractivity contribution in [2.45, 2.75) is 26.9 Å². The number of carbonyl (C=O) groups excluding carboxylic acids is 2. The highest BCUT2D eigenvalue weighted by atomic mass is 35.5. The third-order valence-electron chi connectivity index (χ3n) is 4.73. The molecule has 0 saturated carbocycles. The fourth-order valence-corrected chi connectivity index (χ4v) is 3.49. The van der Waals surface area contributed by atoms with Crippen LogP contribution in [0, 0.1) is 19.7 Å². The Morgan fingerprint density at radius 2 is 1.84 bits per heavy atom. The van der Waals surface area contributed by atoms with E-state index in [0.29, 0.717) is 6.54 Å². The van der Waals surface area contributed by atoms with Crippen molar-refractivity contribution in [3.8, 4) is 0 Å². The fraction of sp³-hybridized carbons (Fsp3) is 0.227. The van der Waals surface area contributed by atoms with Gasteiger partial charge in [0, 0.05) is 17.8 Å². The minimum Gasteiger partial charge on any atom is -0.452 e. The molecule has 3 rings (SSSR count). The molecule has 0 aliphatic rings. The molecule has 0 aliphatic carbocycles. The maximum atomic E-state index is 13.6. The fourth-order valence-electron chi connectivity index (χ4n) is 3.03. The van der Waals surface area contributed by atoms with Crippen LogP contribution in [-0.2, 0) is 22.6 Å². The van der Waals surface area contributed by atoms with Gasteiger partial charge in [-0.1, -0.05) is 53.5 Å². The van der Waals surface area contributed by atoms with E-state index in [-0.39, 0.29) is 22.2 Å². The predicted molar refractivity (Wildman–Crippen MR) is 116 cm³/mol. The molecule has 0 radical (unpaired) electrons. The highest BCUT2D eigenvalue weighted by molar-refractivity contribution is 6.36. The highest BCUT2D eigenvalue weighted by Gasteiger charge is 2.18. The Labute approximate surface area is 188 Å². The molecule has 1 aromatic heterocycles. The highest BCUT2D eigenvalue weighted by Crippen LogP contribution is 2.25. The molecule has 3 aromatic rings. The number of esters is 1. The van der Waals surface area contributed by atoms with Crippen molar-refractivity contribution >= 4 is 35.1 Å². The van der Waals surface area contributed by atoms with Gasteiger partial charge >= 0.3 is 5.97 Å². The van der Waals surface area contributed by atoms with Crippen LogP contribution in [-0.4, -0.2) is 28.3 Å². The van der Waals surface area contributed by atoms with Crippen molar-refractivity contribution in [2.24, 2.45) is 0 Å². The second-order valence-corrected chi connectivity index (χ2v) is 7.71. The van der Waals surface area contributed by atoms with Gasteiger partial charge in [-0.25, -0.2) is 9.18 Å². The summed E-state index contributed by atoms with van der Waals surface area (Å²) in [7, 11) is 0. The molecule has 2 aromatic carbocycles. The number of nitrogens with one attached hydrogen (secondary N) is 1. The minimum atomic E-state index is -0.918. The van der Waals surface area contributed by atoms with Crippen molar-refractivity contribution in [3.05, 3.63) is 86.4 Å². The van der Waals surface area contributed by atoms with Crippen LogP contribution >= 0.6 is 23.2 Å². The number of ether oxygens (including phenoxy) is 1. The van der Waals surface area contributed by atoms with E-state index in [4.69, 9.17) is 27.9 Å². The molecule has 0 unspecified atom stereocenters. The van der Waals surface area contributed by atoms with Gasteiger partial charge in [0.2, 0.25) is 0 Å². The number of benzene rings is 2. The second kappa shape index (κ2) is 9.94. The van der Waals surface area contributed by atoms with Gasteiger partial charge in [0.15, 0.2) is 6.61 Å². The zero-order valence-electron chi connectivity index (χ0n) is 16.9. The summed E-state index contributed by atoms with van der Waals surface area (Å²) in [6.45, 7) is 4.13. The lowest BCUT2D eigenvalue weighted by atomic mass is 10.2. The van der Waals surface area contributed by atoms with Gasteiger partial charge in [-0.3, -0.25) is 9.48 Å². The summed E-state index contributed by atoms with van der Waals surface area (Å²) in [5, 5.41) is 6.97. The zero-order valence-corrected chi connectivity index (χ0v) is 18.4. The van der Waals surface area contributed by atoms with Crippen LogP contribution < -0.4 is 5.32 Å². The number of amides is 1. The topological polar surface area (TPSA) is 73.2 Å². The summed E-state index contributed by atoms with van der Waals surface area (Å²) >= 11 is 11.5. The van der Waals surface area contributed by atoms with E-state index >= 15 is 0 Å². The van der Waals surface area contributed by atoms with Crippen molar-refractivity contribution < 1.29 is 18.7 Å². The number of hydrogen-bond donors (Lipinski definition) is 1. The van der Waals surface area contributed by atoms with Crippen molar-refractivity contribution in [2.75, 3.05) is 6.61 Å². The Balaban J connectivity index is 1.56. The van der Waals surface area contributed by atoms with Crippen molar-refractivity contribution in [1.82, 2.24) is 15.1 Å². The SMILES string of the molecule is Cc1nn(Cc2ccccc2)c(C)c1CNC(=O)COC(=O)c1cc(F)c(Cl)cc1Cl. The second-order valence-electron chi connectivity index (χ2n) is 6.89. The van der Waals surface area contributed by atoms with E-state index in [1.807, 2.05) is 48.9 Å². The summed E-state index contributed by atoms with van der Waals surface area (Å²) in [4.78, 5) is 24.2. The summed E-state index contributed by atoms with van der Waals surface area (Å²) < 4.78 is 20.4. The molecule has 1 heterocycles. The first-order chi connectivity index (χ1) is 14.8. The number of aryl methyl sites for hydroxylation is 1. The van der Waals surface area contributed by atoms with E-state index in [1.165, 1.54) is 0 Å². The van der Waals surface area contributed by atoms with Gasteiger partial charge in [0.25, 0.3) is 5.91 Å². The molecule has 162 valence electrons. The van der Waals surface area contributed by atoms with E-state index in [9.17, 15) is 14.0 Å². The molecule has 1 N–H and O–H groups in total. The Hall–Kier alpha value is -2.90. The standard InChI is InChI=1S/C22H20Cl2FN3O3/c1-13-17(14(2)28(27-13)11-15-6-4-3-5-7-15)10-26-21(29)12-31-22(30)16-8-20(25)19(24)9-18(16)23/h3-9H,10-12H2,1-2H3,(H,26,29). The van der Waals surface area contributed by atoms with Crippen LogP contribution in [0.15, 0.2) is 42.5 Å². The first-order valence-electron chi connectivity index (χ1n) is 9.41. The summed E-state index contributed by atoms with van der Waals surface area (Å²) in [5.74, 6) is -2.23. The van der Waals surface area contributed by atoms with Crippen molar-refractivity contribution in [1.29, 1.82) is 0 Å². The van der Waals surface area contributed by atoms with Crippen LogP contribution in [0.3, 0.4) is 0 Å². The Morgan fingerprint density at radius 1 is 1.13 bits per heavy atom. The third kappa shape index (κ3) is 5.62. The predicted octanol–water partition coefficient (Wildman–Crippen LogP) is 4.47. The largest absolute Gasteiger partial charge is 0.452 e. The lowest BCUT2D eigenvalue weighted by molar-refractivity contribution is -0.124. The maximum absolute atomic E-state index is 13.6. The van der Waals surface area contributed by atoms with Crippen LogP contribution in [0.4, 0.5) is 4.39 Å². The average molecular weight is 464 g/mol. The van der Waals surface area contributed by atoms with Gasteiger partial charge in [0.1, 0.15) is 5.82 Å². The lowest BCUT2D eigenvalue weighted by Gasteiger charge is -2.09. The molecule has 1 amide bonds. The molecular weight excluding hydrogens is 444 g/mol. The smallest absolute Gasteiger partial charge is 0.340 e. The molecule has 0 bridgehead atoms. The molecule has 0 saturated heterocycles. The summed E-state index contributed by atoms with van der Waals surface area (Å²) in [6, 6.07) is 11.9. The van der Waals surface area contributed by atoms with E-state index in [2.05, 4.69) is 10.4 Å². The van der Waals surface area contributed by atoms with E-state index in [1.54, 1.807) is 0 Å². The molecule has 31 heavy (non-hydrogen) atoms. The first-order valence-corrected chi connectivity index (χ1v) is 10.2. The molecule has 0 atom stereocenters. The van der Waals surface area contributed by atoms with Crippen LogP contribution in [0.1, 0.15) is 32.9 Å². The number of nitrogens with zero attached hydrogens (tertiary/aromatic N) is 2. The quantitative estimate of drug-likeness (QED) is 0.414. The van der Waals surface area contributed by atoms with Crippen LogP contribution in [0.2, 0.25) is 10.0 Å². The number of halogens is 3. The van der Waals surface area contributed by atoms with Crippen molar-refractivity contribution in [3.63, 3.8) is 0 Å². The lowest BCUT2D eigenvalue weighted by Crippen LogP contribution is -2.28. The first kappa shape index (κ1) is 22.8. The monoisotopic (exact) mass is 463 g/mol. The van der Waals surface area contributed by atoms with Gasteiger partial charge < -0.3 is 10.1 Å². The third-order valence-corrected chi connectivity index (χ3v) is 5.34. The van der Waals surface area contributed by atoms with Gasteiger partial charge in [0.05, 0.1) is 27.8 Å². The molecule has 9 heteroatoms. The van der Waals surface area contributed by atoms with Gasteiger partial charge in [-0.05, 0) is 31.5 Å². The van der Waals surface area contributed by atoms with Crippen LogP contribution in [0.5, 0.6) is 0 Å².